The molecule has 5 rings (SSSR count). The second kappa shape index (κ2) is 8.06. The summed E-state index contributed by atoms with van der Waals surface area (Å²) in [7, 11) is 1.59. The second-order valence-electron chi connectivity index (χ2n) is 7.21. The number of nitrogens with zero attached hydrogens (tertiary/aromatic N) is 4. The molecule has 0 saturated heterocycles. The molecule has 0 unspecified atom stereocenters. The van der Waals surface area contributed by atoms with Crippen LogP contribution in [-0.2, 0) is 11.3 Å². The number of aromatic nitrogens is 2. The Balaban J connectivity index is 1.43. The van der Waals surface area contributed by atoms with Gasteiger partial charge in [-0.25, -0.2) is 14.2 Å². The van der Waals surface area contributed by atoms with Crippen molar-refractivity contribution in [1.29, 1.82) is 0 Å². The summed E-state index contributed by atoms with van der Waals surface area (Å²) in [6.45, 7) is 0.139. The standard InChI is InChI=1S/C21H16BrFN6O2S/c1-28-19-11(9-29(21(28)31)18-13(22)3-2-4-14(18)23)8-24-20(27-19)25-12-5-6-16-15(7-12)26-17(30)10-32-16/h2-8H,9-10H2,1H3,(H,26,30)(H,24,25,27). The molecular weight excluding hydrogens is 499 g/mol. The van der Waals surface area contributed by atoms with Gasteiger partial charge in [0.25, 0.3) is 0 Å². The minimum atomic E-state index is -0.499. The Labute approximate surface area is 195 Å². The van der Waals surface area contributed by atoms with E-state index < -0.39 is 11.8 Å². The molecule has 3 aromatic rings. The van der Waals surface area contributed by atoms with E-state index in [1.54, 1.807) is 25.4 Å². The summed E-state index contributed by atoms with van der Waals surface area (Å²) in [4.78, 5) is 37.2. The predicted molar refractivity (Wildman–Crippen MR) is 125 cm³/mol. The van der Waals surface area contributed by atoms with Crippen molar-refractivity contribution in [2.24, 2.45) is 0 Å². The van der Waals surface area contributed by atoms with Crippen LogP contribution in [-0.4, -0.2) is 34.7 Å². The summed E-state index contributed by atoms with van der Waals surface area (Å²) in [5.74, 6) is 0.600. The zero-order valence-electron chi connectivity index (χ0n) is 16.7. The van der Waals surface area contributed by atoms with Crippen LogP contribution in [0.25, 0.3) is 0 Å². The number of halogens is 2. The first kappa shape index (κ1) is 20.7. The fraction of sp³-hybridized carbons (Fsp3) is 0.143. The van der Waals surface area contributed by atoms with Crippen LogP contribution < -0.4 is 20.4 Å². The highest BCUT2D eigenvalue weighted by Gasteiger charge is 2.33. The van der Waals surface area contributed by atoms with Crippen LogP contribution in [0.4, 0.5) is 38.0 Å². The van der Waals surface area contributed by atoms with E-state index in [1.165, 1.54) is 27.6 Å². The van der Waals surface area contributed by atoms with Crippen molar-refractivity contribution in [2.45, 2.75) is 11.4 Å². The van der Waals surface area contributed by atoms with E-state index in [-0.39, 0.29) is 18.1 Å². The number of para-hydroxylation sites is 1. The van der Waals surface area contributed by atoms with Gasteiger partial charge in [0.05, 0.1) is 23.7 Å². The van der Waals surface area contributed by atoms with Gasteiger partial charge in [-0.1, -0.05) is 6.07 Å². The van der Waals surface area contributed by atoms with Gasteiger partial charge in [-0.15, -0.1) is 11.8 Å². The van der Waals surface area contributed by atoms with Crippen LogP contribution in [0.3, 0.4) is 0 Å². The summed E-state index contributed by atoms with van der Waals surface area (Å²) >= 11 is 4.81. The Morgan fingerprint density at radius 1 is 1.25 bits per heavy atom. The number of hydrogen-bond donors (Lipinski definition) is 2. The maximum absolute atomic E-state index is 14.5. The summed E-state index contributed by atoms with van der Waals surface area (Å²) in [5, 5.41) is 5.96. The van der Waals surface area contributed by atoms with Gasteiger partial charge in [0.1, 0.15) is 11.6 Å². The van der Waals surface area contributed by atoms with E-state index in [0.717, 1.165) is 10.6 Å². The molecule has 2 aromatic carbocycles. The first-order chi connectivity index (χ1) is 15.4. The summed E-state index contributed by atoms with van der Waals surface area (Å²) in [6, 6.07) is 9.77. The molecule has 11 heteroatoms. The minimum Gasteiger partial charge on any atom is -0.324 e. The van der Waals surface area contributed by atoms with Crippen molar-refractivity contribution in [3.8, 4) is 0 Å². The molecule has 0 saturated carbocycles. The van der Waals surface area contributed by atoms with E-state index in [2.05, 4.69) is 36.5 Å². The highest BCUT2D eigenvalue weighted by atomic mass is 79.9. The molecule has 3 amide bonds. The zero-order chi connectivity index (χ0) is 22.4. The Bertz CT molecular complexity index is 1250. The number of hydrogen-bond acceptors (Lipinski definition) is 6. The van der Waals surface area contributed by atoms with E-state index >= 15 is 0 Å². The quantitative estimate of drug-likeness (QED) is 0.524. The van der Waals surface area contributed by atoms with Gasteiger partial charge in [-0.05, 0) is 46.3 Å². The molecule has 0 spiro atoms. The number of benzene rings is 2. The molecule has 0 radical (unpaired) electrons. The normalized spacial score (nSPS) is 15.2. The first-order valence-corrected chi connectivity index (χ1v) is 11.4. The van der Waals surface area contributed by atoms with Crippen LogP contribution in [0, 0.1) is 5.82 Å². The fourth-order valence-corrected chi connectivity index (χ4v) is 4.93. The van der Waals surface area contributed by atoms with Crippen LogP contribution in [0.1, 0.15) is 5.56 Å². The third-order valence-electron chi connectivity index (χ3n) is 5.08. The number of carbonyl (C=O) groups excluding carboxylic acids is 2. The van der Waals surface area contributed by atoms with Gasteiger partial charge in [0.2, 0.25) is 11.9 Å². The Hall–Kier alpha value is -3.18. The minimum absolute atomic E-state index is 0.0455. The molecule has 0 fully saturated rings. The summed E-state index contributed by atoms with van der Waals surface area (Å²) in [5.41, 5.74) is 2.29. The van der Waals surface area contributed by atoms with Crippen molar-refractivity contribution in [2.75, 3.05) is 33.2 Å². The molecule has 3 heterocycles. The summed E-state index contributed by atoms with van der Waals surface area (Å²) in [6.07, 6.45) is 1.62. The van der Waals surface area contributed by atoms with Gasteiger partial charge in [0.15, 0.2) is 0 Å². The Kier molecular flexibility index (Phi) is 5.22. The van der Waals surface area contributed by atoms with Gasteiger partial charge < -0.3 is 10.6 Å². The number of thioether (sulfide) groups is 1. The number of nitrogens with one attached hydrogen (secondary N) is 2. The van der Waals surface area contributed by atoms with Gasteiger partial charge in [-0.2, -0.15) is 4.98 Å². The number of carbonyl (C=O) groups is 2. The number of rotatable bonds is 3. The summed E-state index contributed by atoms with van der Waals surface area (Å²) < 4.78 is 14.9. The molecule has 8 nitrogen and oxygen atoms in total. The van der Waals surface area contributed by atoms with E-state index in [1.807, 2.05) is 18.2 Å². The lowest BCUT2D eigenvalue weighted by atomic mass is 10.2. The topological polar surface area (TPSA) is 90.5 Å². The lowest BCUT2D eigenvalue weighted by Crippen LogP contribution is -2.46. The number of fused-ring (bicyclic) bond motifs is 2. The molecule has 2 N–H and O–H groups in total. The number of urea groups is 1. The average Bonchev–Trinajstić information content (AvgIpc) is 2.77. The fourth-order valence-electron chi connectivity index (χ4n) is 3.58. The van der Waals surface area contributed by atoms with Crippen molar-refractivity contribution in [1.82, 2.24) is 9.97 Å². The van der Waals surface area contributed by atoms with Crippen LogP contribution in [0.5, 0.6) is 0 Å². The lowest BCUT2D eigenvalue weighted by Gasteiger charge is -2.34. The number of anilines is 5. The third kappa shape index (κ3) is 3.67. The van der Waals surface area contributed by atoms with Crippen LogP contribution >= 0.6 is 27.7 Å². The van der Waals surface area contributed by atoms with Gasteiger partial charge in [-0.3, -0.25) is 14.6 Å². The third-order valence-corrected chi connectivity index (χ3v) is 6.80. The maximum atomic E-state index is 14.5. The van der Waals surface area contributed by atoms with E-state index in [9.17, 15) is 14.0 Å². The molecular formula is C21H16BrFN6O2S. The molecule has 0 bridgehead atoms. The molecule has 0 aliphatic carbocycles. The van der Waals surface area contributed by atoms with Crippen LogP contribution in [0.15, 0.2) is 52.0 Å². The Morgan fingerprint density at radius 3 is 2.91 bits per heavy atom. The SMILES string of the molecule is CN1C(=O)N(c2c(F)cccc2Br)Cc2cnc(Nc3ccc4c(c3)NC(=O)CS4)nc21. The van der Waals surface area contributed by atoms with Crippen molar-refractivity contribution in [3.05, 3.63) is 58.4 Å². The molecule has 162 valence electrons. The molecule has 32 heavy (non-hydrogen) atoms. The number of amides is 3. The lowest BCUT2D eigenvalue weighted by molar-refractivity contribution is -0.113. The van der Waals surface area contributed by atoms with Gasteiger partial charge >= 0.3 is 6.03 Å². The smallest absolute Gasteiger partial charge is 0.324 e. The average molecular weight is 515 g/mol. The van der Waals surface area contributed by atoms with Gasteiger partial charge in [0, 0.05) is 33.9 Å². The highest BCUT2D eigenvalue weighted by molar-refractivity contribution is 9.10. The van der Waals surface area contributed by atoms with Crippen LogP contribution in [0.2, 0.25) is 0 Å². The maximum Gasteiger partial charge on any atom is 0.330 e. The predicted octanol–water partition coefficient (Wildman–Crippen LogP) is 4.74. The molecule has 2 aliphatic heterocycles. The molecule has 1 aromatic heterocycles. The monoisotopic (exact) mass is 514 g/mol. The zero-order valence-corrected chi connectivity index (χ0v) is 19.1. The molecule has 2 aliphatic rings. The largest absolute Gasteiger partial charge is 0.330 e. The Morgan fingerprint density at radius 2 is 2.09 bits per heavy atom. The van der Waals surface area contributed by atoms with Crippen molar-refractivity contribution >= 4 is 68.5 Å². The molecule has 0 atom stereocenters. The highest BCUT2D eigenvalue weighted by Crippen LogP contribution is 2.37. The van der Waals surface area contributed by atoms with Crippen molar-refractivity contribution < 1.29 is 14.0 Å². The first-order valence-electron chi connectivity index (χ1n) is 9.59. The van der Waals surface area contributed by atoms with Crippen molar-refractivity contribution in [3.63, 3.8) is 0 Å². The second-order valence-corrected chi connectivity index (χ2v) is 9.08. The van der Waals surface area contributed by atoms with E-state index in [0.29, 0.717) is 33.2 Å². The van der Waals surface area contributed by atoms with E-state index in [4.69, 9.17) is 0 Å².